The van der Waals surface area contributed by atoms with Gasteiger partial charge in [-0.3, -0.25) is 14.6 Å². The zero-order valence-electron chi connectivity index (χ0n) is 10.7. The van der Waals surface area contributed by atoms with Crippen molar-refractivity contribution in [3.63, 3.8) is 0 Å². The summed E-state index contributed by atoms with van der Waals surface area (Å²) in [5.41, 5.74) is -0.814. The van der Waals surface area contributed by atoms with Gasteiger partial charge in [0.1, 0.15) is 12.2 Å². The molecule has 1 amide bonds. The molecule has 0 saturated heterocycles. The fourth-order valence-corrected chi connectivity index (χ4v) is 2.28. The molecule has 0 saturated carbocycles. The minimum Gasteiger partial charge on any atom is -0.384 e. The summed E-state index contributed by atoms with van der Waals surface area (Å²) in [6.07, 6.45) is 1.07. The summed E-state index contributed by atoms with van der Waals surface area (Å²) in [5.74, 6) is 4.70. The lowest BCUT2D eigenvalue weighted by molar-refractivity contribution is 0.0949. The average molecular weight is 305 g/mol. The first-order valence-electron chi connectivity index (χ1n) is 5.87. The third-order valence-corrected chi connectivity index (χ3v) is 3.39. The van der Waals surface area contributed by atoms with Gasteiger partial charge < -0.3 is 15.4 Å². The van der Waals surface area contributed by atoms with Crippen LogP contribution < -0.4 is 16.6 Å². The maximum absolute atomic E-state index is 11.8. The van der Waals surface area contributed by atoms with Crippen molar-refractivity contribution >= 4 is 17.2 Å². The predicted molar refractivity (Wildman–Crippen MR) is 77.1 cm³/mol. The van der Waals surface area contributed by atoms with Gasteiger partial charge in [-0.2, -0.15) is 0 Å². The molecule has 0 aliphatic carbocycles. The van der Waals surface area contributed by atoms with E-state index >= 15 is 0 Å². The van der Waals surface area contributed by atoms with Crippen molar-refractivity contribution in [1.82, 2.24) is 15.3 Å². The van der Waals surface area contributed by atoms with Crippen LogP contribution in [-0.4, -0.2) is 27.6 Å². The molecule has 2 aromatic heterocycles. The smallest absolute Gasteiger partial charge is 0.325 e. The molecule has 108 valence electrons. The molecule has 0 aliphatic rings. The summed E-state index contributed by atoms with van der Waals surface area (Å²) in [6.45, 7) is 0.0276. The Balaban J connectivity index is 2.02. The summed E-state index contributed by atoms with van der Waals surface area (Å²) in [6, 6.07) is 1.78. The quantitative estimate of drug-likeness (QED) is 0.567. The number of rotatable bonds is 3. The molecule has 2 heterocycles. The van der Waals surface area contributed by atoms with Gasteiger partial charge in [-0.1, -0.05) is 11.8 Å². The summed E-state index contributed by atoms with van der Waals surface area (Å²) in [7, 11) is 0. The Kier molecular flexibility index (Phi) is 4.71. The van der Waals surface area contributed by atoms with Gasteiger partial charge in [0.05, 0.1) is 6.54 Å². The third-order valence-electron chi connectivity index (χ3n) is 2.45. The van der Waals surface area contributed by atoms with Gasteiger partial charge in [0.15, 0.2) is 0 Å². The molecule has 21 heavy (non-hydrogen) atoms. The van der Waals surface area contributed by atoms with Crippen LogP contribution in [0.5, 0.6) is 0 Å². The average Bonchev–Trinajstić information content (AvgIpc) is 2.90. The van der Waals surface area contributed by atoms with E-state index in [9.17, 15) is 14.4 Å². The number of hydrogen-bond acceptors (Lipinski definition) is 5. The van der Waals surface area contributed by atoms with Crippen LogP contribution in [0.3, 0.4) is 0 Å². The SMILES string of the molecule is O=C(NCc1cc(C#CCO)cs1)c1c[nH]c(=O)[nH]c1=O. The van der Waals surface area contributed by atoms with Crippen LogP contribution in [0, 0.1) is 11.8 Å². The van der Waals surface area contributed by atoms with E-state index in [1.807, 2.05) is 4.98 Å². The van der Waals surface area contributed by atoms with Crippen molar-refractivity contribution in [2.75, 3.05) is 6.61 Å². The van der Waals surface area contributed by atoms with Crippen molar-refractivity contribution in [3.05, 3.63) is 54.5 Å². The topological polar surface area (TPSA) is 115 Å². The largest absolute Gasteiger partial charge is 0.384 e. The van der Waals surface area contributed by atoms with E-state index in [1.165, 1.54) is 11.3 Å². The summed E-state index contributed by atoms with van der Waals surface area (Å²) < 4.78 is 0. The monoisotopic (exact) mass is 305 g/mol. The Hall–Kier alpha value is -2.63. The molecule has 2 rings (SSSR count). The minimum absolute atomic E-state index is 0.161. The number of thiophene rings is 1. The highest BCUT2D eigenvalue weighted by Gasteiger charge is 2.10. The number of H-pyrrole nitrogens is 2. The van der Waals surface area contributed by atoms with E-state index in [2.05, 4.69) is 22.1 Å². The van der Waals surface area contributed by atoms with E-state index < -0.39 is 17.2 Å². The maximum atomic E-state index is 11.8. The maximum Gasteiger partial charge on any atom is 0.325 e. The Labute approximate surface area is 122 Å². The number of nitrogens with one attached hydrogen (secondary N) is 3. The van der Waals surface area contributed by atoms with Crippen molar-refractivity contribution < 1.29 is 9.90 Å². The first-order valence-corrected chi connectivity index (χ1v) is 6.75. The molecule has 4 N–H and O–H groups in total. The van der Waals surface area contributed by atoms with Gasteiger partial charge >= 0.3 is 5.69 Å². The van der Waals surface area contributed by atoms with Crippen LogP contribution in [0.15, 0.2) is 27.2 Å². The second kappa shape index (κ2) is 6.69. The third kappa shape index (κ3) is 3.92. The molecule has 8 heteroatoms. The predicted octanol–water partition coefficient (Wildman–Crippen LogP) is -0.602. The highest BCUT2D eigenvalue weighted by molar-refractivity contribution is 7.10. The number of aromatic nitrogens is 2. The molecule has 0 atom stereocenters. The number of carbonyl (C=O) groups excluding carboxylic acids is 1. The molecular weight excluding hydrogens is 294 g/mol. The van der Waals surface area contributed by atoms with Crippen molar-refractivity contribution in [3.8, 4) is 11.8 Å². The molecule has 0 fully saturated rings. The summed E-state index contributed by atoms with van der Waals surface area (Å²) in [4.78, 5) is 39.2. The van der Waals surface area contributed by atoms with Crippen LogP contribution in [0.25, 0.3) is 0 Å². The van der Waals surface area contributed by atoms with Crippen LogP contribution in [0.1, 0.15) is 20.8 Å². The molecule has 0 bridgehead atoms. The fourth-order valence-electron chi connectivity index (χ4n) is 1.52. The van der Waals surface area contributed by atoms with Crippen LogP contribution >= 0.6 is 11.3 Å². The normalized spacial score (nSPS) is 9.76. The van der Waals surface area contributed by atoms with Crippen LogP contribution in [-0.2, 0) is 6.54 Å². The van der Waals surface area contributed by atoms with E-state index in [1.54, 1.807) is 11.4 Å². The molecule has 0 spiro atoms. The first kappa shape index (κ1) is 14.8. The number of aromatic amines is 2. The van der Waals surface area contributed by atoms with Crippen molar-refractivity contribution in [2.24, 2.45) is 0 Å². The van der Waals surface area contributed by atoms with Gasteiger partial charge in [-0.25, -0.2) is 4.79 Å². The van der Waals surface area contributed by atoms with Gasteiger partial charge in [0.2, 0.25) is 0 Å². The highest BCUT2D eigenvalue weighted by Crippen LogP contribution is 2.13. The van der Waals surface area contributed by atoms with Crippen molar-refractivity contribution in [1.29, 1.82) is 0 Å². The molecule has 0 unspecified atom stereocenters. The second-order valence-electron chi connectivity index (χ2n) is 3.93. The zero-order valence-corrected chi connectivity index (χ0v) is 11.5. The first-order chi connectivity index (χ1) is 10.1. The number of aliphatic hydroxyl groups is 1. The van der Waals surface area contributed by atoms with Crippen LogP contribution in [0.2, 0.25) is 0 Å². The zero-order chi connectivity index (χ0) is 15.2. The Bertz CT molecular complexity index is 822. The van der Waals surface area contributed by atoms with Gasteiger partial charge in [-0.15, -0.1) is 11.3 Å². The molecule has 2 aromatic rings. The Morgan fingerprint density at radius 3 is 2.95 bits per heavy atom. The highest BCUT2D eigenvalue weighted by atomic mass is 32.1. The standard InChI is InChI=1S/C13H11N3O4S/c17-3-1-2-8-4-9(21-7-8)5-14-11(18)10-6-15-13(20)16-12(10)19/h4,6-7,17H,3,5H2,(H,14,18)(H2,15,16,19,20). The number of hydrogen-bond donors (Lipinski definition) is 4. The molecule has 0 aromatic carbocycles. The lowest BCUT2D eigenvalue weighted by atomic mass is 10.3. The molecular formula is C13H11N3O4S. The summed E-state index contributed by atoms with van der Waals surface area (Å²) >= 11 is 1.40. The van der Waals surface area contributed by atoms with E-state index in [4.69, 9.17) is 5.11 Å². The van der Waals surface area contributed by atoms with Gasteiger partial charge in [-0.05, 0) is 6.07 Å². The Morgan fingerprint density at radius 1 is 1.43 bits per heavy atom. The van der Waals surface area contributed by atoms with E-state index in [-0.39, 0.29) is 18.7 Å². The fraction of sp³-hybridized carbons (Fsp3) is 0.154. The van der Waals surface area contributed by atoms with Gasteiger partial charge in [0, 0.05) is 22.0 Å². The van der Waals surface area contributed by atoms with Gasteiger partial charge in [0.25, 0.3) is 11.5 Å². The molecule has 0 radical (unpaired) electrons. The van der Waals surface area contributed by atoms with E-state index in [0.717, 1.165) is 16.6 Å². The lowest BCUT2D eigenvalue weighted by Crippen LogP contribution is -2.33. The second-order valence-corrected chi connectivity index (χ2v) is 4.93. The lowest BCUT2D eigenvalue weighted by Gasteiger charge is -2.01. The Morgan fingerprint density at radius 2 is 2.24 bits per heavy atom. The number of carbonyl (C=O) groups is 1. The summed E-state index contributed by atoms with van der Waals surface area (Å²) in [5, 5.41) is 13.0. The molecule has 0 aliphatic heterocycles. The number of amides is 1. The molecule has 7 nitrogen and oxygen atoms in total. The van der Waals surface area contributed by atoms with E-state index in [0.29, 0.717) is 0 Å². The van der Waals surface area contributed by atoms with Crippen LogP contribution in [0.4, 0.5) is 0 Å². The number of aliphatic hydroxyl groups excluding tert-OH is 1. The van der Waals surface area contributed by atoms with Crippen molar-refractivity contribution in [2.45, 2.75) is 6.54 Å². The minimum atomic E-state index is -0.739.